The molecule has 1 N–H and O–H groups in total. The number of halogens is 2. The molecule has 4 rings (SSSR count). The van der Waals surface area contributed by atoms with Gasteiger partial charge in [0.25, 0.3) is 0 Å². The van der Waals surface area contributed by atoms with Gasteiger partial charge in [0.2, 0.25) is 11.8 Å². The highest BCUT2D eigenvalue weighted by molar-refractivity contribution is 6.31. The molecule has 0 unspecified atom stereocenters. The molecule has 0 saturated carbocycles. The fraction of sp³-hybridized carbons (Fsp3) is 0.409. The van der Waals surface area contributed by atoms with Gasteiger partial charge in [0.1, 0.15) is 5.82 Å². The Labute approximate surface area is 185 Å². The highest BCUT2D eigenvalue weighted by Crippen LogP contribution is 2.22. The summed E-state index contributed by atoms with van der Waals surface area (Å²) in [4.78, 5) is 35.6. The zero-order valence-electron chi connectivity index (χ0n) is 17.1. The van der Waals surface area contributed by atoms with Crippen molar-refractivity contribution in [2.45, 2.75) is 19.0 Å². The van der Waals surface area contributed by atoms with Crippen molar-refractivity contribution in [2.24, 2.45) is 0 Å². The Morgan fingerprint density at radius 3 is 2.58 bits per heavy atom. The van der Waals surface area contributed by atoms with E-state index in [1.807, 2.05) is 21.9 Å². The van der Waals surface area contributed by atoms with Gasteiger partial charge in [0.05, 0.1) is 12.5 Å². The van der Waals surface area contributed by atoms with Crippen LogP contribution in [0.15, 0.2) is 42.7 Å². The number of amides is 2. The van der Waals surface area contributed by atoms with E-state index in [0.717, 1.165) is 24.3 Å². The van der Waals surface area contributed by atoms with E-state index in [-0.39, 0.29) is 18.2 Å². The molecule has 0 radical (unpaired) electrons. The molecule has 2 aromatic rings. The first-order chi connectivity index (χ1) is 15.0. The molecule has 31 heavy (non-hydrogen) atoms. The first-order valence-corrected chi connectivity index (χ1v) is 10.8. The lowest BCUT2D eigenvalue weighted by Crippen LogP contribution is -2.57. The number of rotatable bonds is 5. The summed E-state index contributed by atoms with van der Waals surface area (Å²) in [7, 11) is 0. The van der Waals surface area contributed by atoms with Crippen molar-refractivity contribution in [3.63, 3.8) is 0 Å². The van der Waals surface area contributed by atoms with E-state index in [1.54, 1.807) is 18.5 Å². The van der Waals surface area contributed by atoms with Gasteiger partial charge >= 0.3 is 0 Å². The molecule has 7 nitrogen and oxygen atoms in total. The van der Waals surface area contributed by atoms with Crippen LogP contribution in [0.25, 0.3) is 0 Å². The van der Waals surface area contributed by atoms with E-state index in [2.05, 4.69) is 15.2 Å². The Hall–Kier alpha value is -2.71. The van der Waals surface area contributed by atoms with E-state index in [1.165, 1.54) is 12.1 Å². The van der Waals surface area contributed by atoms with Crippen LogP contribution in [0.1, 0.15) is 12.0 Å². The summed E-state index contributed by atoms with van der Waals surface area (Å²) in [5.74, 6) is -0.595. The lowest BCUT2D eigenvalue weighted by molar-refractivity contribution is -0.139. The van der Waals surface area contributed by atoms with Crippen LogP contribution in [0.2, 0.25) is 5.02 Å². The normalized spacial score (nSPS) is 19.9. The number of hydrogen-bond donors (Lipinski definition) is 1. The van der Waals surface area contributed by atoms with E-state index >= 15 is 0 Å². The molecule has 0 aliphatic carbocycles. The van der Waals surface area contributed by atoms with Crippen LogP contribution in [0, 0.1) is 5.82 Å². The van der Waals surface area contributed by atoms with E-state index in [0.29, 0.717) is 37.7 Å². The van der Waals surface area contributed by atoms with Crippen molar-refractivity contribution in [3.8, 4) is 0 Å². The Bertz CT molecular complexity index is 937. The number of nitrogens with one attached hydrogen (secondary N) is 1. The first kappa shape index (κ1) is 21.5. The van der Waals surface area contributed by atoms with Crippen molar-refractivity contribution >= 4 is 29.1 Å². The molecular weight excluding hydrogens is 421 g/mol. The number of benzene rings is 1. The summed E-state index contributed by atoms with van der Waals surface area (Å²) in [5.41, 5.74) is 1.83. The Morgan fingerprint density at radius 1 is 1.13 bits per heavy atom. The monoisotopic (exact) mass is 445 g/mol. The van der Waals surface area contributed by atoms with Gasteiger partial charge in [-0.1, -0.05) is 17.7 Å². The molecule has 0 bridgehead atoms. The van der Waals surface area contributed by atoms with Gasteiger partial charge < -0.3 is 15.1 Å². The second-order valence-corrected chi connectivity index (χ2v) is 8.20. The van der Waals surface area contributed by atoms with Gasteiger partial charge in [0.15, 0.2) is 0 Å². The molecule has 2 saturated heterocycles. The first-order valence-electron chi connectivity index (χ1n) is 10.4. The number of hydrogen-bond acceptors (Lipinski definition) is 5. The quantitative estimate of drug-likeness (QED) is 0.761. The van der Waals surface area contributed by atoms with Crippen LogP contribution in [0.5, 0.6) is 0 Å². The Kier molecular flexibility index (Phi) is 6.67. The number of carbonyl (C=O) groups is 2. The fourth-order valence-electron chi connectivity index (χ4n) is 4.11. The van der Waals surface area contributed by atoms with Crippen LogP contribution >= 0.6 is 11.6 Å². The summed E-state index contributed by atoms with van der Waals surface area (Å²) < 4.78 is 13.4. The zero-order valence-corrected chi connectivity index (χ0v) is 17.9. The molecule has 2 amide bonds. The topological polar surface area (TPSA) is 68.8 Å². The third kappa shape index (κ3) is 5.14. The van der Waals surface area contributed by atoms with Gasteiger partial charge in [0, 0.05) is 68.9 Å². The molecule has 164 valence electrons. The number of piperazine rings is 2. The average molecular weight is 446 g/mol. The van der Waals surface area contributed by atoms with Crippen LogP contribution in [0.3, 0.4) is 0 Å². The zero-order chi connectivity index (χ0) is 21.8. The minimum Gasteiger partial charge on any atom is -0.368 e. The highest BCUT2D eigenvalue weighted by atomic mass is 35.5. The lowest BCUT2D eigenvalue weighted by Gasteiger charge is -2.39. The molecule has 1 aromatic carbocycles. The van der Waals surface area contributed by atoms with Crippen LogP contribution in [0.4, 0.5) is 10.1 Å². The summed E-state index contributed by atoms with van der Waals surface area (Å²) in [5, 5.41) is 3.17. The fourth-order valence-corrected chi connectivity index (χ4v) is 4.33. The van der Waals surface area contributed by atoms with Crippen molar-refractivity contribution in [1.29, 1.82) is 0 Å². The SMILES string of the molecule is O=C1NCCN(Cc2ccc(F)cc2Cl)[C@H]1CC(=O)N1CCN(c2ccncc2)CC1. The predicted octanol–water partition coefficient (Wildman–Crippen LogP) is 1.91. The Morgan fingerprint density at radius 2 is 1.87 bits per heavy atom. The van der Waals surface area contributed by atoms with E-state index in [9.17, 15) is 14.0 Å². The molecule has 9 heteroatoms. The van der Waals surface area contributed by atoms with Crippen LogP contribution in [-0.4, -0.2) is 71.9 Å². The molecule has 2 aliphatic heterocycles. The number of pyridine rings is 1. The number of carbonyl (C=O) groups excluding carboxylic acids is 2. The maximum Gasteiger partial charge on any atom is 0.237 e. The molecule has 1 atom stereocenters. The maximum atomic E-state index is 13.4. The van der Waals surface area contributed by atoms with Gasteiger partial charge in [-0.3, -0.25) is 19.5 Å². The van der Waals surface area contributed by atoms with Gasteiger partial charge in [-0.05, 0) is 29.8 Å². The summed E-state index contributed by atoms with van der Waals surface area (Å²) >= 11 is 6.17. The molecule has 2 fully saturated rings. The molecular formula is C22H25ClFN5O2. The lowest BCUT2D eigenvalue weighted by atomic mass is 10.1. The van der Waals surface area contributed by atoms with E-state index < -0.39 is 11.9 Å². The highest BCUT2D eigenvalue weighted by Gasteiger charge is 2.34. The van der Waals surface area contributed by atoms with Gasteiger partial charge in [-0.15, -0.1) is 0 Å². The largest absolute Gasteiger partial charge is 0.368 e. The summed E-state index contributed by atoms with van der Waals surface area (Å²) in [6, 6.07) is 7.60. The molecule has 0 spiro atoms. The molecule has 2 aliphatic rings. The maximum absolute atomic E-state index is 13.4. The summed E-state index contributed by atoms with van der Waals surface area (Å²) in [6.07, 6.45) is 3.63. The molecule has 3 heterocycles. The van der Waals surface area contributed by atoms with E-state index in [4.69, 9.17) is 11.6 Å². The molecule has 1 aromatic heterocycles. The second kappa shape index (κ2) is 9.62. The van der Waals surface area contributed by atoms with Crippen molar-refractivity contribution in [3.05, 3.63) is 59.1 Å². The average Bonchev–Trinajstić information content (AvgIpc) is 2.78. The number of anilines is 1. The van der Waals surface area contributed by atoms with Crippen molar-refractivity contribution < 1.29 is 14.0 Å². The third-order valence-electron chi connectivity index (χ3n) is 5.86. The number of nitrogens with zero attached hydrogens (tertiary/aromatic N) is 4. The second-order valence-electron chi connectivity index (χ2n) is 7.79. The smallest absolute Gasteiger partial charge is 0.237 e. The minimum atomic E-state index is -0.569. The van der Waals surface area contributed by atoms with Gasteiger partial charge in [-0.2, -0.15) is 0 Å². The third-order valence-corrected chi connectivity index (χ3v) is 6.21. The predicted molar refractivity (Wildman–Crippen MR) is 116 cm³/mol. The minimum absolute atomic E-state index is 0.0355. The number of aromatic nitrogens is 1. The standard InChI is InChI=1S/C22H25ClFN5O2/c23-19-13-17(24)2-1-16(19)15-29-8-7-26-22(31)20(29)14-21(30)28-11-9-27(10-12-28)18-3-5-25-6-4-18/h1-6,13,20H,7-12,14-15H2,(H,26,31)/t20-/m0/s1. The van der Waals surface area contributed by atoms with Crippen molar-refractivity contribution in [2.75, 3.05) is 44.2 Å². The van der Waals surface area contributed by atoms with Crippen LogP contribution < -0.4 is 10.2 Å². The summed E-state index contributed by atoms with van der Waals surface area (Å²) in [6.45, 7) is 4.20. The Balaban J connectivity index is 1.38. The van der Waals surface area contributed by atoms with Gasteiger partial charge in [-0.25, -0.2) is 4.39 Å². The van der Waals surface area contributed by atoms with Crippen molar-refractivity contribution in [1.82, 2.24) is 20.1 Å². The van der Waals surface area contributed by atoms with Crippen LogP contribution in [-0.2, 0) is 16.1 Å².